The average molecular weight is 408 g/mol. The molecule has 2 aromatic heterocycles. The molecule has 0 saturated carbocycles. The van der Waals surface area contributed by atoms with Gasteiger partial charge in [-0.3, -0.25) is 13.9 Å². The molecule has 1 N–H and O–H groups in total. The molecular formula is C23H29N5O2. The molecule has 3 aromatic rings. The predicted octanol–water partition coefficient (Wildman–Crippen LogP) is 1.72. The number of piperidine rings is 1. The Morgan fingerprint density at radius 3 is 2.57 bits per heavy atom. The number of rotatable bonds is 7. The van der Waals surface area contributed by atoms with Crippen LogP contribution in [-0.2, 0) is 20.1 Å². The fourth-order valence-corrected chi connectivity index (χ4v) is 4.17. The Kier molecular flexibility index (Phi) is 6.40. The van der Waals surface area contributed by atoms with Crippen molar-refractivity contribution in [2.24, 2.45) is 7.05 Å². The number of aryl methyl sites for hydroxylation is 1. The zero-order valence-electron chi connectivity index (χ0n) is 17.5. The molecule has 4 rings (SSSR count). The second kappa shape index (κ2) is 9.36. The first-order valence-corrected chi connectivity index (χ1v) is 10.7. The summed E-state index contributed by atoms with van der Waals surface area (Å²) >= 11 is 0. The largest absolute Gasteiger partial charge is 0.332 e. The first-order chi connectivity index (χ1) is 14.6. The molecule has 0 spiro atoms. The summed E-state index contributed by atoms with van der Waals surface area (Å²) in [6.07, 6.45) is 5.57. The van der Waals surface area contributed by atoms with Gasteiger partial charge in [-0.05, 0) is 43.1 Å². The van der Waals surface area contributed by atoms with E-state index in [1.807, 2.05) is 36.4 Å². The SMILES string of the molecule is Cn1c(=O)n(Cc2ccccc2)c(=O)c2c(CNCCN3CCCCC3)ccnc21. The lowest BCUT2D eigenvalue weighted by atomic mass is 10.1. The van der Waals surface area contributed by atoms with E-state index in [1.165, 1.54) is 41.5 Å². The highest BCUT2D eigenvalue weighted by molar-refractivity contribution is 5.77. The molecule has 0 aliphatic carbocycles. The topological polar surface area (TPSA) is 72.2 Å². The van der Waals surface area contributed by atoms with Crippen LogP contribution in [0.4, 0.5) is 0 Å². The van der Waals surface area contributed by atoms with Gasteiger partial charge in [-0.1, -0.05) is 36.8 Å². The number of hydrogen-bond acceptors (Lipinski definition) is 5. The summed E-state index contributed by atoms with van der Waals surface area (Å²) in [7, 11) is 1.67. The molecule has 1 aliphatic heterocycles. The second-order valence-electron chi connectivity index (χ2n) is 7.97. The molecule has 1 fully saturated rings. The van der Waals surface area contributed by atoms with Crippen LogP contribution in [0.15, 0.2) is 52.2 Å². The maximum absolute atomic E-state index is 13.3. The Labute approximate surface area is 176 Å². The molecule has 1 saturated heterocycles. The number of fused-ring (bicyclic) bond motifs is 1. The van der Waals surface area contributed by atoms with Gasteiger partial charge in [-0.15, -0.1) is 0 Å². The Bertz CT molecular complexity index is 1110. The molecule has 0 atom stereocenters. The fraction of sp³-hybridized carbons (Fsp3) is 0.435. The van der Waals surface area contributed by atoms with E-state index < -0.39 is 0 Å². The van der Waals surface area contributed by atoms with Gasteiger partial charge in [0, 0.05) is 32.9 Å². The van der Waals surface area contributed by atoms with Crippen LogP contribution in [0, 0.1) is 0 Å². The van der Waals surface area contributed by atoms with Gasteiger partial charge >= 0.3 is 5.69 Å². The van der Waals surface area contributed by atoms with Crippen LogP contribution in [0.1, 0.15) is 30.4 Å². The highest BCUT2D eigenvalue weighted by atomic mass is 16.2. The minimum atomic E-state index is -0.348. The third-order valence-corrected chi connectivity index (χ3v) is 5.86. The second-order valence-corrected chi connectivity index (χ2v) is 7.97. The van der Waals surface area contributed by atoms with E-state index in [2.05, 4.69) is 15.2 Å². The van der Waals surface area contributed by atoms with Crippen LogP contribution in [-0.4, -0.2) is 45.2 Å². The first kappa shape index (κ1) is 20.5. The standard InChI is InChI=1S/C23H29N5O2/c1-26-21-20(22(29)28(23(26)30)17-18-8-4-2-5-9-18)19(10-11-25-21)16-24-12-15-27-13-6-3-7-14-27/h2,4-5,8-11,24H,3,6-7,12-17H2,1H3. The maximum Gasteiger partial charge on any atom is 0.332 e. The Morgan fingerprint density at radius 2 is 1.80 bits per heavy atom. The minimum Gasteiger partial charge on any atom is -0.311 e. The van der Waals surface area contributed by atoms with Crippen LogP contribution < -0.4 is 16.6 Å². The zero-order valence-corrected chi connectivity index (χ0v) is 17.5. The van der Waals surface area contributed by atoms with Gasteiger partial charge in [-0.2, -0.15) is 0 Å². The number of likely N-dealkylation sites (tertiary alicyclic amines) is 1. The quantitative estimate of drug-likeness (QED) is 0.604. The smallest absolute Gasteiger partial charge is 0.311 e. The van der Waals surface area contributed by atoms with Crippen molar-refractivity contribution in [3.05, 3.63) is 74.6 Å². The van der Waals surface area contributed by atoms with Crippen LogP contribution in [0.3, 0.4) is 0 Å². The molecule has 1 aromatic carbocycles. The van der Waals surface area contributed by atoms with Gasteiger partial charge in [0.25, 0.3) is 5.56 Å². The number of pyridine rings is 1. The van der Waals surface area contributed by atoms with Crippen molar-refractivity contribution < 1.29 is 0 Å². The average Bonchev–Trinajstić information content (AvgIpc) is 2.79. The normalized spacial score (nSPS) is 15.0. The van der Waals surface area contributed by atoms with E-state index in [0.717, 1.165) is 24.2 Å². The molecular weight excluding hydrogens is 378 g/mol. The van der Waals surface area contributed by atoms with Gasteiger partial charge in [-0.25, -0.2) is 9.78 Å². The van der Waals surface area contributed by atoms with Crippen LogP contribution in [0.2, 0.25) is 0 Å². The van der Waals surface area contributed by atoms with E-state index in [9.17, 15) is 9.59 Å². The summed E-state index contributed by atoms with van der Waals surface area (Å²) in [4.78, 5) is 32.9. The Balaban J connectivity index is 1.59. The molecule has 1 aliphatic rings. The van der Waals surface area contributed by atoms with E-state index in [0.29, 0.717) is 17.6 Å². The Morgan fingerprint density at radius 1 is 1.03 bits per heavy atom. The fourth-order valence-electron chi connectivity index (χ4n) is 4.17. The van der Waals surface area contributed by atoms with E-state index in [1.54, 1.807) is 13.2 Å². The highest BCUT2D eigenvalue weighted by Crippen LogP contribution is 2.12. The van der Waals surface area contributed by atoms with E-state index in [-0.39, 0.29) is 17.8 Å². The van der Waals surface area contributed by atoms with Crippen molar-refractivity contribution in [2.75, 3.05) is 26.2 Å². The molecule has 158 valence electrons. The summed E-state index contributed by atoms with van der Waals surface area (Å²) in [5, 5.41) is 3.98. The van der Waals surface area contributed by atoms with Crippen molar-refractivity contribution >= 4 is 11.0 Å². The summed E-state index contributed by atoms with van der Waals surface area (Å²) in [6, 6.07) is 11.4. The number of hydrogen-bond donors (Lipinski definition) is 1. The molecule has 7 heteroatoms. The summed E-state index contributed by atoms with van der Waals surface area (Å²) in [6.45, 7) is 5.05. The van der Waals surface area contributed by atoms with Gasteiger partial charge in [0.05, 0.1) is 11.9 Å². The van der Waals surface area contributed by atoms with Crippen LogP contribution >= 0.6 is 0 Å². The van der Waals surface area contributed by atoms with Gasteiger partial charge < -0.3 is 10.2 Å². The number of nitrogens with zero attached hydrogens (tertiary/aromatic N) is 4. The molecule has 3 heterocycles. The third-order valence-electron chi connectivity index (χ3n) is 5.86. The third kappa shape index (κ3) is 4.37. The molecule has 0 amide bonds. The number of benzene rings is 1. The lowest BCUT2D eigenvalue weighted by Gasteiger charge is -2.26. The molecule has 7 nitrogen and oxygen atoms in total. The van der Waals surface area contributed by atoms with E-state index >= 15 is 0 Å². The summed E-state index contributed by atoms with van der Waals surface area (Å²) < 4.78 is 2.77. The zero-order chi connectivity index (χ0) is 20.9. The number of aromatic nitrogens is 3. The van der Waals surface area contributed by atoms with Gasteiger partial charge in [0.2, 0.25) is 0 Å². The molecule has 30 heavy (non-hydrogen) atoms. The highest BCUT2D eigenvalue weighted by Gasteiger charge is 2.16. The van der Waals surface area contributed by atoms with Crippen molar-refractivity contribution in [2.45, 2.75) is 32.4 Å². The van der Waals surface area contributed by atoms with E-state index in [4.69, 9.17) is 0 Å². The monoisotopic (exact) mass is 407 g/mol. The minimum absolute atomic E-state index is 0.249. The van der Waals surface area contributed by atoms with Crippen LogP contribution in [0.25, 0.3) is 11.0 Å². The molecule has 0 unspecified atom stereocenters. The summed E-state index contributed by atoms with van der Waals surface area (Å²) in [5.41, 5.74) is 1.60. The van der Waals surface area contributed by atoms with Crippen LogP contribution in [0.5, 0.6) is 0 Å². The van der Waals surface area contributed by atoms with Gasteiger partial charge in [0.1, 0.15) is 5.65 Å². The lowest BCUT2D eigenvalue weighted by Crippen LogP contribution is -2.40. The first-order valence-electron chi connectivity index (χ1n) is 10.7. The number of nitrogens with one attached hydrogen (secondary N) is 1. The molecule has 0 bridgehead atoms. The van der Waals surface area contributed by atoms with Gasteiger partial charge in [0.15, 0.2) is 0 Å². The van der Waals surface area contributed by atoms with Crippen molar-refractivity contribution in [1.82, 2.24) is 24.3 Å². The lowest BCUT2D eigenvalue weighted by molar-refractivity contribution is 0.229. The van der Waals surface area contributed by atoms with Crippen molar-refractivity contribution in [1.29, 1.82) is 0 Å². The van der Waals surface area contributed by atoms with Crippen molar-refractivity contribution in [3.8, 4) is 0 Å². The molecule has 0 radical (unpaired) electrons. The predicted molar refractivity (Wildman–Crippen MR) is 119 cm³/mol. The van der Waals surface area contributed by atoms with Crippen molar-refractivity contribution in [3.63, 3.8) is 0 Å². The summed E-state index contributed by atoms with van der Waals surface area (Å²) in [5.74, 6) is 0. The maximum atomic E-state index is 13.3. The Hall–Kier alpha value is -2.77.